The highest BCUT2D eigenvalue weighted by Crippen LogP contribution is 2.14. The van der Waals surface area contributed by atoms with Crippen LogP contribution in [-0.2, 0) is 9.84 Å². The van der Waals surface area contributed by atoms with Crippen LogP contribution in [0.1, 0.15) is 10.4 Å². The summed E-state index contributed by atoms with van der Waals surface area (Å²) in [5.41, 5.74) is 1.46. The molecule has 0 aliphatic heterocycles. The third-order valence-electron chi connectivity index (χ3n) is 2.48. The monoisotopic (exact) mass is 289 g/mol. The first-order valence-electron chi connectivity index (χ1n) is 5.50. The van der Waals surface area contributed by atoms with Crippen molar-refractivity contribution in [3.8, 4) is 0 Å². The van der Waals surface area contributed by atoms with Gasteiger partial charge < -0.3 is 4.90 Å². The molecule has 6 heteroatoms. The van der Waals surface area contributed by atoms with Crippen molar-refractivity contribution >= 4 is 33.4 Å². The van der Waals surface area contributed by atoms with Crippen LogP contribution in [0.4, 0.5) is 5.69 Å². The maximum atomic E-state index is 11.2. The van der Waals surface area contributed by atoms with E-state index in [1.807, 2.05) is 4.90 Å². The number of aldehydes is 1. The van der Waals surface area contributed by atoms with Gasteiger partial charge in [-0.2, -0.15) is 0 Å². The van der Waals surface area contributed by atoms with Gasteiger partial charge in [-0.15, -0.1) is 11.6 Å². The molecule has 0 atom stereocenters. The van der Waals surface area contributed by atoms with Gasteiger partial charge in [-0.1, -0.05) is 0 Å². The lowest BCUT2D eigenvalue weighted by Gasteiger charge is -2.23. The van der Waals surface area contributed by atoms with Crippen molar-refractivity contribution < 1.29 is 13.2 Å². The molecule has 0 aliphatic rings. The van der Waals surface area contributed by atoms with E-state index in [1.165, 1.54) is 6.26 Å². The molecule has 1 aromatic carbocycles. The number of anilines is 1. The average Bonchev–Trinajstić information content (AvgIpc) is 2.33. The first-order chi connectivity index (χ1) is 8.46. The summed E-state index contributed by atoms with van der Waals surface area (Å²) < 4.78 is 22.3. The summed E-state index contributed by atoms with van der Waals surface area (Å²) in [6.45, 7) is 0.962. The fourth-order valence-corrected chi connectivity index (χ4v) is 2.27. The minimum absolute atomic E-state index is 0.0827. The zero-order chi connectivity index (χ0) is 13.6. The predicted molar refractivity (Wildman–Crippen MR) is 74.5 cm³/mol. The van der Waals surface area contributed by atoms with E-state index in [0.717, 1.165) is 12.0 Å². The van der Waals surface area contributed by atoms with Gasteiger partial charge in [-0.25, -0.2) is 8.42 Å². The van der Waals surface area contributed by atoms with Gasteiger partial charge in [0, 0.05) is 36.5 Å². The van der Waals surface area contributed by atoms with Crippen LogP contribution in [0, 0.1) is 0 Å². The Kier molecular flexibility index (Phi) is 5.62. The Morgan fingerprint density at radius 1 is 1.22 bits per heavy atom. The zero-order valence-electron chi connectivity index (χ0n) is 10.2. The molecule has 0 aromatic heterocycles. The molecular weight excluding hydrogens is 274 g/mol. The smallest absolute Gasteiger partial charge is 0.150 e. The molecule has 0 fully saturated rings. The van der Waals surface area contributed by atoms with E-state index in [1.54, 1.807) is 24.3 Å². The van der Waals surface area contributed by atoms with Crippen molar-refractivity contribution in [1.82, 2.24) is 0 Å². The number of rotatable bonds is 7. The van der Waals surface area contributed by atoms with Crippen molar-refractivity contribution in [2.75, 3.05) is 35.9 Å². The summed E-state index contributed by atoms with van der Waals surface area (Å²) in [5, 5.41) is 0. The van der Waals surface area contributed by atoms with Crippen LogP contribution in [-0.4, -0.2) is 45.7 Å². The van der Waals surface area contributed by atoms with E-state index in [2.05, 4.69) is 0 Å². The summed E-state index contributed by atoms with van der Waals surface area (Å²) in [6.07, 6.45) is 1.98. The largest absolute Gasteiger partial charge is 0.369 e. The van der Waals surface area contributed by atoms with Crippen LogP contribution in [0.15, 0.2) is 24.3 Å². The third-order valence-corrected chi connectivity index (χ3v) is 3.57. The van der Waals surface area contributed by atoms with Gasteiger partial charge in [0.15, 0.2) is 0 Å². The van der Waals surface area contributed by atoms with E-state index in [9.17, 15) is 13.2 Å². The minimum Gasteiger partial charge on any atom is -0.369 e. The van der Waals surface area contributed by atoms with Crippen LogP contribution in [0.5, 0.6) is 0 Å². The Hall–Kier alpha value is -1.07. The number of carbonyl (C=O) groups excluding carboxylic acids is 1. The number of carbonyl (C=O) groups is 1. The number of benzene rings is 1. The van der Waals surface area contributed by atoms with Crippen LogP contribution < -0.4 is 4.90 Å². The van der Waals surface area contributed by atoms with E-state index in [4.69, 9.17) is 11.6 Å². The van der Waals surface area contributed by atoms with Crippen molar-refractivity contribution in [2.24, 2.45) is 0 Å². The molecule has 0 radical (unpaired) electrons. The molecule has 0 saturated carbocycles. The fraction of sp³-hybridized carbons (Fsp3) is 0.417. The lowest BCUT2D eigenvalue weighted by molar-refractivity contribution is 0.112. The molecular formula is C12H16ClNO3S. The maximum absolute atomic E-state index is 11.2. The molecule has 18 heavy (non-hydrogen) atoms. The zero-order valence-corrected chi connectivity index (χ0v) is 11.7. The summed E-state index contributed by atoms with van der Waals surface area (Å²) in [5.74, 6) is 0.499. The van der Waals surface area contributed by atoms with Gasteiger partial charge in [0.25, 0.3) is 0 Å². The second-order valence-corrected chi connectivity index (χ2v) is 6.65. The number of sulfone groups is 1. The Balaban J connectivity index is 2.79. The number of halogens is 1. The molecule has 0 unspecified atom stereocenters. The second-order valence-electron chi connectivity index (χ2n) is 4.02. The first kappa shape index (κ1) is 15.0. The Morgan fingerprint density at radius 3 is 2.28 bits per heavy atom. The molecule has 0 amide bonds. The molecule has 1 aromatic rings. The maximum Gasteiger partial charge on any atom is 0.150 e. The van der Waals surface area contributed by atoms with E-state index < -0.39 is 9.84 Å². The van der Waals surface area contributed by atoms with Crippen LogP contribution >= 0.6 is 11.6 Å². The van der Waals surface area contributed by atoms with E-state index in [-0.39, 0.29) is 5.75 Å². The van der Waals surface area contributed by atoms with Gasteiger partial charge in [-0.3, -0.25) is 4.79 Å². The third kappa shape index (κ3) is 5.06. The molecule has 0 N–H and O–H groups in total. The molecule has 0 saturated heterocycles. The summed E-state index contributed by atoms with van der Waals surface area (Å²) in [6, 6.07) is 6.98. The Morgan fingerprint density at radius 2 is 1.83 bits per heavy atom. The number of hydrogen-bond acceptors (Lipinski definition) is 4. The van der Waals surface area contributed by atoms with Crippen molar-refractivity contribution in [3.63, 3.8) is 0 Å². The normalized spacial score (nSPS) is 11.2. The topological polar surface area (TPSA) is 54.5 Å². The molecule has 0 heterocycles. The quantitative estimate of drug-likeness (QED) is 0.565. The van der Waals surface area contributed by atoms with Gasteiger partial charge in [0.2, 0.25) is 0 Å². The van der Waals surface area contributed by atoms with Crippen LogP contribution in [0.25, 0.3) is 0 Å². The lowest BCUT2D eigenvalue weighted by atomic mass is 10.2. The Bertz CT molecular complexity index is 485. The number of hydrogen-bond donors (Lipinski definition) is 0. The lowest BCUT2D eigenvalue weighted by Crippen LogP contribution is -2.30. The number of alkyl halides is 1. The van der Waals surface area contributed by atoms with Crippen molar-refractivity contribution in [2.45, 2.75) is 0 Å². The predicted octanol–water partition coefficient (Wildman–Crippen LogP) is 1.59. The minimum atomic E-state index is -3.00. The molecule has 100 valence electrons. The highest BCUT2D eigenvalue weighted by molar-refractivity contribution is 7.90. The molecule has 1 rings (SSSR count). The summed E-state index contributed by atoms with van der Waals surface area (Å²) in [4.78, 5) is 12.4. The van der Waals surface area contributed by atoms with Crippen molar-refractivity contribution in [1.29, 1.82) is 0 Å². The second kappa shape index (κ2) is 6.75. The van der Waals surface area contributed by atoms with Gasteiger partial charge in [0.05, 0.1) is 5.75 Å². The SMILES string of the molecule is CS(=O)(=O)CCN(CCCl)c1ccc(C=O)cc1. The highest BCUT2D eigenvalue weighted by Gasteiger charge is 2.09. The van der Waals surface area contributed by atoms with Gasteiger partial charge >= 0.3 is 0 Å². The van der Waals surface area contributed by atoms with Gasteiger partial charge in [-0.05, 0) is 24.3 Å². The highest BCUT2D eigenvalue weighted by atomic mass is 35.5. The summed E-state index contributed by atoms with van der Waals surface area (Å²) >= 11 is 5.71. The van der Waals surface area contributed by atoms with Crippen LogP contribution in [0.3, 0.4) is 0 Å². The number of nitrogens with zero attached hydrogens (tertiary/aromatic N) is 1. The van der Waals surface area contributed by atoms with Gasteiger partial charge in [0.1, 0.15) is 16.1 Å². The summed E-state index contributed by atoms with van der Waals surface area (Å²) in [7, 11) is -3.00. The standard InChI is InChI=1S/C12H16ClNO3S/c1-18(16,17)9-8-14(7-6-13)12-4-2-11(10-15)3-5-12/h2-5,10H,6-9H2,1H3. The van der Waals surface area contributed by atoms with Crippen molar-refractivity contribution in [3.05, 3.63) is 29.8 Å². The Labute approximate surface area is 112 Å². The average molecular weight is 290 g/mol. The molecule has 0 spiro atoms. The molecule has 0 bridgehead atoms. The van der Waals surface area contributed by atoms with E-state index >= 15 is 0 Å². The fourth-order valence-electron chi connectivity index (χ4n) is 1.51. The van der Waals surface area contributed by atoms with E-state index in [0.29, 0.717) is 24.5 Å². The molecule has 0 aliphatic carbocycles. The first-order valence-corrected chi connectivity index (χ1v) is 8.09. The molecule has 4 nitrogen and oxygen atoms in total. The van der Waals surface area contributed by atoms with Crippen LogP contribution in [0.2, 0.25) is 0 Å².